The van der Waals surface area contributed by atoms with E-state index in [-0.39, 0.29) is 29.9 Å². The van der Waals surface area contributed by atoms with Crippen LogP contribution in [0.3, 0.4) is 0 Å². The van der Waals surface area contributed by atoms with Crippen molar-refractivity contribution in [1.29, 1.82) is 0 Å². The standard InChI is InChI=1S/C20H21F2NO3/c21-16-5-7-17(8-6-16)26-14-20(24)23-11-9-15(13-23)10-12-25-19-4-2-1-3-18(19)22/h1-8,15H,9-14H2. The minimum Gasteiger partial charge on any atom is -0.491 e. The fourth-order valence-corrected chi connectivity index (χ4v) is 2.96. The number of carbonyl (C=O) groups excluding carboxylic acids is 1. The van der Waals surface area contributed by atoms with E-state index in [0.29, 0.717) is 31.4 Å². The third-order valence-corrected chi connectivity index (χ3v) is 4.43. The van der Waals surface area contributed by atoms with Gasteiger partial charge in [-0.15, -0.1) is 0 Å². The fraction of sp³-hybridized carbons (Fsp3) is 0.350. The molecule has 26 heavy (non-hydrogen) atoms. The highest BCUT2D eigenvalue weighted by atomic mass is 19.1. The quantitative estimate of drug-likeness (QED) is 0.755. The first-order valence-corrected chi connectivity index (χ1v) is 8.65. The summed E-state index contributed by atoms with van der Waals surface area (Å²) >= 11 is 0. The highest BCUT2D eigenvalue weighted by molar-refractivity contribution is 5.78. The van der Waals surface area contributed by atoms with Crippen LogP contribution in [0, 0.1) is 17.6 Å². The molecule has 0 saturated carbocycles. The first-order valence-electron chi connectivity index (χ1n) is 8.65. The molecule has 1 unspecified atom stereocenters. The molecule has 2 aromatic rings. The molecule has 1 atom stereocenters. The molecule has 138 valence electrons. The average molecular weight is 361 g/mol. The zero-order chi connectivity index (χ0) is 18.4. The van der Waals surface area contributed by atoms with Gasteiger partial charge >= 0.3 is 0 Å². The minimum absolute atomic E-state index is 0.0654. The lowest BCUT2D eigenvalue weighted by Gasteiger charge is -2.17. The van der Waals surface area contributed by atoms with Crippen molar-refractivity contribution in [2.75, 3.05) is 26.3 Å². The number of ether oxygens (including phenoxy) is 2. The van der Waals surface area contributed by atoms with Crippen LogP contribution in [0.1, 0.15) is 12.8 Å². The first kappa shape index (κ1) is 18.2. The van der Waals surface area contributed by atoms with Gasteiger partial charge in [-0.3, -0.25) is 4.79 Å². The normalized spacial score (nSPS) is 16.5. The van der Waals surface area contributed by atoms with Crippen LogP contribution in [0.15, 0.2) is 48.5 Å². The predicted octanol–water partition coefficient (Wildman–Crippen LogP) is 3.66. The lowest BCUT2D eigenvalue weighted by Crippen LogP contribution is -2.33. The number of halogens is 2. The lowest BCUT2D eigenvalue weighted by molar-refractivity contribution is -0.132. The van der Waals surface area contributed by atoms with E-state index in [4.69, 9.17) is 9.47 Å². The van der Waals surface area contributed by atoms with Gasteiger partial charge in [0.25, 0.3) is 5.91 Å². The molecule has 3 rings (SSSR count). The van der Waals surface area contributed by atoms with Crippen molar-refractivity contribution in [3.63, 3.8) is 0 Å². The maximum atomic E-state index is 13.5. The van der Waals surface area contributed by atoms with Gasteiger partial charge in [0, 0.05) is 13.1 Å². The summed E-state index contributed by atoms with van der Waals surface area (Å²) in [5.74, 6) is 0.251. The number of likely N-dealkylation sites (tertiary alicyclic amines) is 1. The Kier molecular flexibility index (Phi) is 6.04. The van der Waals surface area contributed by atoms with Gasteiger partial charge in [-0.25, -0.2) is 8.78 Å². The van der Waals surface area contributed by atoms with Crippen LogP contribution in [-0.4, -0.2) is 37.1 Å². The highest BCUT2D eigenvalue weighted by Gasteiger charge is 2.26. The van der Waals surface area contributed by atoms with Gasteiger partial charge < -0.3 is 14.4 Å². The Balaban J connectivity index is 1.38. The van der Waals surface area contributed by atoms with Crippen LogP contribution >= 0.6 is 0 Å². The first-order chi connectivity index (χ1) is 12.6. The second-order valence-corrected chi connectivity index (χ2v) is 6.30. The van der Waals surface area contributed by atoms with Gasteiger partial charge in [-0.1, -0.05) is 12.1 Å². The summed E-state index contributed by atoms with van der Waals surface area (Å²) in [5.41, 5.74) is 0. The summed E-state index contributed by atoms with van der Waals surface area (Å²) in [4.78, 5) is 14.0. The summed E-state index contributed by atoms with van der Waals surface area (Å²) in [7, 11) is 0. The molecule has 1 fully saturated rings. The number of hydrogen-bond donors (Lipinski definition) is 0. The molecule has 0 bridgehead atoms. The fourth-order valence-electron chi connectivity index (χ4n) is 2.96. The number of amides is 1. The summed E-state index contributed by atoms with van der Waals surface area (Å²) in [6.45, 7) is 1.67. The Morgan fingerprint density at radius 2 is 1.85 bits per heavy atom. The molecule has 0 N–H and O–H groups in total. The predicted molar refractivity (Wildman–Crippen MR) is 93.1 cm³/mol. The molecule has 1 heterocycles. The topological polar surface area (TPSA) is 38.8 Å². The van der Waals surface area contributed by atoms with E-state index in [9.17, 15) is 13.6 Å². The molecular weight excluding hydrogens is 340 g/mol. The molecular formula is C20H21F2NO3. The zero-order valence-electron chi connectivity index (χ0n) is 14.4. The number of para-hydroxylation sites is 1. The number of nitrogens with zero attached hydrogens (tertiary/aromatic N) is 1. The Morgan fingerprint density at radius 1 is 1.08 bits per heavy atom. The molecule has 1 amide bonds. The van der Waals surface area contributed by atoms with Crippen molar-refractivity contribution in [2.24, 2.45) is 5.92 Å². The van der Waals surface area contributed by atoms with Gasteiger partial charge in [0.1, 0.15) is 11.6 Å². The smallest absolute Gasteiger partial charge is 0.260 e. The van der Waals surface area contributed by atoms with Gasteiger partial charge in [0.2, 0.25) is 0 Å². The van der Waals surface area contributed by atoms with Crippen molar-refractivity contribution in [3.8, 4) is 11.5 Å². The van der Waals surface area contributed by atoms with E-state index in [2.05, 4.69) is 0 Å². The van der Waals surface area contributed by atoms with Crippen LogP contribution in [0.5, 0.6) is 11.5 Å². The lowest BCUT2D eigenvalue weighted by atomic mass is 10.1. The van der Waals surface area contributed by atoms with E-state index in [0.717, 1.165) is 12.8 Å². The van der Waals surface area contributed by atoms with Crippen LogP contribution in [0.4, 0.5) is 8.78 Å². The SMILES string of the molecule is O=C(COc1ccc(F)cc1)N1CCC(CCOc2ccccc2F)C1. The van der Waals surface area contributed by atoms with Crippen molar-refractivity contribution in [2.45, 2.75) is 12.8 Å². The van der Waals surface area contributed by atoms with Crippen LogP contribution in [0.25, 0.3) is 0 Å². The van der Waals surface area contributed by atoms with Gasteiger partial charge in [0.15, 0.2) is 18.2 Å². The number of carbonyl (C=O) groups is 1. The van der Waals surface area contributed by atoms with Gasteiger partial charge in [-0.2, -0.15) is 0 Å². The van der Waals surface area contributed by atoms with Gasteiger partial charge in [-0.05, 0) is 55.2 Å². The van der Waals surface area contributed by atoms with Crippen molar-refractivity contribution in [1.82, 2.24) is 4.90 Å². The molecule has 0 aliphatic carbocycles. The zero-order valence-corrected chi connectivity index (χ0v) is 14.4. The summed E-state index contributed by atoms with van der Waals surface area (Å²) < 4.78 is 37.2. The molecule has 2 aromatic carbocycles. The number of rotatable bonds is 7. The van der Waals surface area contributed by atoms with Crippen LogP contribution in [-0.2, 0) is 4.79 Å². The third-order valence-electron chi connectivity index (χ3n) is 4.43. The number of benzene rings is 2. The van der Waals surface area contributed by atoms with Crippen LogP contribution in [0.2, 0.25) is 0 Å². The highest BCUT2D eigenvalue weighted by Crippen LogP contribution is 2.22. The molecule has 0 spiro atoms. The van der Waals surface area contributed by atoms with Crippen molar-refractivity contribution in [3.05, 3.63) is 60.2 Å². The maximum absolute atomic E-state index is 13.5. The molecule has 1 aliphatic heterocycles. The summed E-state index contributed by atoms with van der Waals surface area (Å²) in [6.07, 6.45) is 1.65. The molecule has 4 nitrogen and oxygen atoms in total. The van der Waals surface area contributed by atoms with E-state index in [1.807, 2.05) is 0 Å². The summed E-state index contributed by atoms with van der Waals surface area (Å²) in [5, 5.41) is 0. The Bertz CT molecular complexity index is 736. The van der Waals surface area contributed by atoms with Crippen molar-refractivity contribution >= 4 is 5.91 Å². The molecule has 0 radical (unpaired) electrons. The average Bonchev–Trinajstić information content (AvgIpc) is 3.12. The number of hydrogen-bond acceptors (Lipinski definition) is 3. The largest absolute Gasteiger partial charge is 0.491 e. The maximum Gasteiger partial charge on any atom is 0.260 e. The third kappa shape index (κ3) is 4.94. The van der Waals surface area contributed by atoms with E-state index < -0.39 is 0 Å². The Hall–Kier alpha value is -2.63. The molecule has 0 aromatic heterocycles. The van der Waals surface area contributed by atoms with Crippen LogP contribution < -0.4 is 9.47 Å². The van der Waals surface area contributed by atoms with E-state index in [1.54, 1.807) is 23.1 Å². The Labute approximate surface area is 151 Å². The Morgan fingerprint density at radius 3 is 2.62 bits per heavy atom. The minimum atomic E-state index is -0.367. The second-order valence-electron chi connectivity index (χ2n) is 6.30. The second kappa shape index (κ2) is 8.65. The monoisotopic (exact) mass is 361 g/mol. The summed E-state index contributed by atoms with van der Waals surface area (Å²) in [6, 6.07) is 11.9. The molecule has 1 saturated heterocycles. The molecule has 6 heteroatoms. The van der Waals surface area contributed by atoms with E-state index in [1.165, 1.54) is 30.3 Å². The van der Waals surface area contributed by atoms with E-state index >= 15 is 0 Å². The van der Waals surface area contributed by atoms with Gasteiger partial charge in [0.05, 0.1) is 6.61 Å². The molecule has 1 aliphatic rings. The van der Waals surface area contributed by atoms with Crippen molar-refractivity contribution < 1.29 is 23.0 Å².